The molecular formula is C16H14N2O4S. The summed E-state index contributed by atoms with van der Waals surface area (Å²) >= 11 is 4.97. The van der Waals surface area contributed by atoms with E-state index < -0.39 is 17.8 Å². The lowest BCUT2D eigenvalue weighted by Crippen LogP contribution is -2.53. The maximum absolute atomic E-state index is 12.3. The molecule has 0 unspecified atom stereocenters. The standard InChI is InChI=1S/C16H14N2O4S/c1-3-8-18-14(20)12(13(19)17-16(18)23)9-10-4-6-11(7-5-10)15(21)22-2/h3-7,9H,1,8H2,2H3,(H,17,19,23)/b12-9+. The highest BCUT2D eigenvalue weighted by atomic mass is 32.1. The summed E-state index contributed by atoms with van der Waals surface area (Å²) in [6, 6.07) is 6.33. The van der Waals surface area contributed by atoms with E-state index in [9.17, 15) is 14.4 Å². The quantitative estimate of drug-likeness (QED) is 0.296. The third-order valence-corrected chi connectivity index (χ3v) is 3.46. The van der Waals surface area contributed by atoms with E-state index in [4.69, 9.17) is 12.2 Å². The molecule has 0 atom stereocenters. The summed E-state index contributed by atoms with van der Waals surface area (Å²) in [7, 11) is 1.29. The lowest BCUT2D eigenvalue weighted by molar-refractivity contribution is -0.128. The molecule has 2 rings (SSSR count). The van der Waals surface area contributed by atoms with E-state index in [0.717, 1.165) is 0 Å². The molecule has 0 radical (unpaired) electrons. The van der Waals surface area contributed by atoms with Crippen molar-refractivity contribution in [3.05, 3.63) is 53.6 Å². The minimum absolute atomic E-state index is 0.0359. The van der Waals surface area contributed by atoms with Crippen LogP contribution in [0.3, 0.4) is 0 Å². The number of nitrogens with zero attached hydrogens (tertiary/aromatic N) is 1. The third-order valence-electron chi connectivity index (χ3n) is 3.14. The van der Waals surface area contributed by atoms with E-state index in [0.29, 0.717) is 11.1 Å². The number of thiocarbonyl (C=S) groups is 1. The fraction of sp³-hybridized carbons (Fsp3) is 0.125. The molecule has 0 aliphatic carbocycles. The first kappa shape index (κ1) is 16.6. The van der Waals surface area contributed by atoms with E-state index in [2.05, 4.69) is 16.6 Å². The van der Waals surface area contributed by atoms with Gasteiger partial charge in [-0.1, -0.05) is 18.2 Å². The highest BCUT2D eigenvalue weighted by molar-refractivity contribution is 7.80. The number of amides is 2. The first-order valence-corrected chi connectivity index (χ1v) is 7.07. The van der Waals surface area contributed by atoms with E-state index in [-0.39, 0.29) is 17.2 Å². The summed E-state index contributed by atoms with van der Waals surface area (Å²) in [5, 5.41) is 2.51. The van der Waals surface area contributed by atoms with Crippen LogP contribution < -0.4 is 5.32 Å². The number of esters is 1. The summed E-state index contributed by atoms with van der Waals surface area (Å²) in [6.07, 6.45) is 2.96. The molecule has 0 saturated carbocycles. The van der Waals surface area contributed by atoms with Gasteiger partial charge in [-0.2, -0.15) is 0 Å². The molecule has 7 heteroatoms. The Labute approximate surface area is 138 Å². The monoisotopic (exact) mass is 330 g/mol. The SMILES string of the molecule is C=CCN1C(=O)/C(=C/c2ccc(C(=O)OC)cc2)C(=O)NC1=S. The molecule has 1 aromatic rings. The number of rotatable bonds is 4. The maximum Gasteiger partial charge on any atom is 0.337 e. The molecule has 1 N–H and O–H groups in total. The van der Waals surface area contributed by atoms with Crippen molar-refractivity contribution in [2.45, 2.75) is 0 Å². The normalized spacial score (nSPS) is 16.3. The predicted molar refractivity (Wildman–Crippen MR) is 88.4 cm³/mol. The Balaban J connectivity index is 2.31. The van der Waals surface area contributed by atoms with E-state index >= 15 is 0 Å². The second-order valence-electron chi connectivity index (χ2n) is 4.64. The van der Waals surface area contributed by atoms with Crippen molar-refractivity contribution in [2.75, 3.05) is 13.7 Å². The average Bonchev–Trinajstić information content (AvgIpc) is 2.55. The van der Waals surface area contributed by atoms with Crippen LogP contribution in [0.1, 0.15) is 15.9 Å². The molecular weight excluding hydrogens is 316 g/mol. The van der Waals surface area contributed by atoms with E-state index in [1.165, 1.54) is 24.2 Å². The molecule has 1 heterocycles. The Morgan fingerprint density at radius 3 is 2.57 bits per heavy atom. The molecule has 0 spiro atoms. The summed E-state index contributed by atoms with van der Waals surface area (Å²) in [5.41, 5.74) is 0.942. The fourth-order valence-corrected chi connectivity index (χ4v) is 2.24. The Morgan fingerprint density at radius 1 is 1.35 bits per heavy atom. The molecule has 23 heavy (non-hydrogen) atoms. The second-order valence-corrected chi connectivity index (χ2v) is 5.02. The Morgan fingerprint density at radius 2 is 2.00 bits per heavy atom. The summed E-state index contributed by atoms with van der Waals surface area (Å²) in [4.78, 5) is 37.0. The van der Waals surface area contributed by atoms with Crippen LogP contribution in [0.15, 0.2) is 42.5 Å². The molecule has 118 valence electrons. The van der Waals surface area contributed by atoms with Gasteiger partial charge < -0.3 is 4.74 Å². The largest absolute Gasteiger partial charge is 0.465 e. The molecule has 1 aliphatic rings. The minimum atomic E-state index is -0.558. The third kappa shape index (κ3) is 3.51. The summed E-state index contributed by atoms with van der Waals surface area (Å²) in [6.45, 7) is 3.76. The zero-order chi connectivity index (χ0) is 17.0. The van der Waals surface area contributed by atoms with Gasteiger partial charge in [0.15, 0.2) is 5.11 Å². The van der Waals surface area contributed by atoms with Gasteiger partial charge >= 0.3 is 5.97 Å². The fourth-order valence-electron chi connectivity index (χ4n) is 1.99. The van der Waals surface area contributed by atoms with Gasteiger partial charge in [0.2, 0.25) is 0 Å². The van der Waals surface area contributed by atoms with E-state index in [1.54, 1.807) is 24.3 Å². The first-order valence-electron chi connectivity index (χ1n) is 6.66. The molecule has 0 bridgehead atoms. The zero-order valence-electron chi connectivity index (χ0n) is 12.4. The van der Waals surface area contributed by atoms with E-state index in [1.807, 2.05) is 0 Å². The summed E-state index contributed by atoms with van der Waals surface area (Å²) in [5.74, 6) is -1.51. The summed E-state index contributed by atoms with van der Waals surface area (Å²) < 4.78 is 4.61. The second kappa shape index (κ2) is 6.97. The van der Waals surface area contributed by atoms with Gasteiger partial charge in [-0.3, -0.25) is 19.8 Å². The van der Waals surface area contributed by atoms with Crippen molar-refractivity contribution >= 4 is 41.2 Å². The van der Waals surface area contributed by atoms with Crippen molar-refractivity contribution in [1.82, 2.24) is 10.2 Å². The van der Waals surface area contributed by atoms with Gasteiger partial charge in [0, 0.05) is 6.54 Å². The number of carbonyl (C=O) groups is 3. The van der Waals surface area contributed by atoms with Crippen molar-refractivity contribution in [3.8, 4) is 0 Å². The van der Waals surface area contributed by atoms with Gasteiger partial charge in [-0.15, -0.1) is 6.58 Å². The van der Waals surface area contributed by atoms with Crippen LogP contribution in [0, 0.1) is 0 Å². The van der Waals surface area contributed by atoms with Gasteiger partial charge in [-0.05, 0) is 36.0 Å². The number of hydrogen-bond acceptors (Lipinski definition) is 5. The van der Waals surface area contributed by atoms with Crippen molar-refractivity contribution in [3.63, 3.8) is 0 Å². The minimum Gasteiger partial charge on any atom is -0.465 e. The highest BCUT2D eigenvalue weighted by Crippen LogP contribution is 2.15. The van der Waals surface area contributed by atoms with Gasteiger partial charge in [-0.25, -0.2) is 4.79 Å². The molecule has 6 nitrogen and oxygen atoms in total. The van der Waals surface area contributed by atoms with Crippen LogP contribution in [0.2, 0.25) is 0 Å². The molecule has 1 aliphatic heterocycles. The molecule has 1 fully saturated rings. The average molecular weight is 330 g/mol. The Kier molecular flexibility index (Phi) is 5.02. The van der Waals surface area contributed by atoms with Crippen LogP contribution in [-0.4, -0.2) is 41.5 Å². The van der Waals surface area contributed by atoms with Crippen LogP contribution >= 0.6 is 12.2 Å². The molecule has 0 aromatic heterocycles. The van der Waals surface area contributed by atoms with Crippen LogP contribution in [0.25, 0.3) is 6.08 Å². The van der Waals surface area contributed by atoms with Crippen LogP contribution in [-0.2, 0) is 14.3 Å². The van der Waals surface area contributed by atoms with Gasteiger partial charge in [0.25, 0.3) is 11.8 Å². The van der Waals surface area contributed by atoms with Crippen molar-refractivity contribution < 1.29 is 19.1 Å². The number of nitrogens with one attached hydrogen (secondary N) is 1. The Bertz CT molecular complexity index is 722. The van der Waals surface area contributed by atoms with Crippen LogP contribution in [0.4, 0.5) is 0 Å². The smallest absolute Gasteiger partial charge is 0.337 e. The number of hydrogen-bond donors (Lipinski definition) is 1. The maximum atomic E-state index is 12.3. The number of methoxy groups -OCH3 is 1. The molecule has 1 saturated heterocycles. The first-order chi connectivity index (χ1) is 11.0. The van der Waals surface area contributed by atoms with Gasteiger partial charge in [0.05, 0.1) is 12.7 Å². The number of benzene rings is 1. The predicted octanol–water partition coefficient (Wildman–Crippen LogP) is 1.29. The Hall–Kier alpha value is -2.80. The molecule has 2 amide bonds. The lowest BCUT2D eigenvalue weighted by Gasteiger charge is -2.27. The van der Waals surface area contributed by atoms with Gasteiger partial charge in [0.1, 0.15) is 5.57 Å². The van der Waals surface area contributed by atoms with Crippen LogP contribution in [0.5, 0.6) is 0 Å². The number of carbonyl (C=O) groups excluding carboxylic acids is 3. The lowest BCUT2D eigenvalue weighted by atomic mass is 10.1. The zero-order valence-corrected chi connectivity index (χ0v) is 13.2. The highest BCUT2D eigenvalue weighted by Gasteiger charge is 2.32. The molecule has 1 aromatic carbocycles. The van der Waals surface area contributed by atoms with Crippen molar-refractivity contribution in [2.24, 2.45) is 0 Å². The topological polar surface area (TPSA) is 75.7 Å². The number of ether oxygens (including phenoxy) is 1. The van der Waals surface area contributed by atoms with Crippen molar-refractivity contribution in [1.29, 1.82) is 0 Å².